The average molecular weight is 560 g/mol. The molecule has 1 saturated heterocycles. The zero-order valence-electron chi connectivity index (χ0n) is 23.8. The molecular formula is C32H38FN5O3. The van der Waals surface area contributed by atoms with E-state index in [1.807, 2.05) is 34.9 Å². The Balaban J connectivity index is 1.30. The van der Waals surface area contributed by atoms with Gasteiger partial charge in [-0.15, -0.1) is 0 Å². The fourth-order valence-electron chi connectivity index (χ4n) is 6.79. The van der Waals surface area contributed by atoms with Gasteiger partial charge in [-0.2, -0.15) is 0 Å². The molecule has 1 saturated carbocycles. The minimum absolute atomic E-state index is 0.0456. The number of piperazine rings is 1. The molecule has 216 valence electrons. The van der Waals surface area contributed by atoms with Crippen molar-refractivity contribution in [2.24, 2.45) is 0 Å². The van der Waals surface area contributed by atoms with Crippen LogP contribution in [0.3, 0.4) is 0 Å². The Bertz CT molecular complexity index is 1460. The van der Waals surface area contributed by atoms with E-state index in [9.17, 15) is 14.0 Å². The molecule has 0 bridgehead atoms. The summed E-state index contributed by atoms with van der Waals surface area (Å²) in [5.41, 5.74) is 3.27. The summed E-state index contributed by atoms with van der Waals surface area (Å²) >= 11 is 0. The van der Waals surface area contributed by atoms with Crippen molar-refractivity contribution in [1.29, 1.82) is 5.41 Å². The Morgan fingerprint density at radius 3 is 2.59 bits per heavy atom. The maximum absolute atomic E-state index is 14.1. The number of halogens is 1. The first-order chi connectivity index (χ1) is 19.9. The lowest BCUT2D eigenvalue weighted by atomic mass is 9.86. The second kappa shape index (κ2) is 10.8. The Labute approximate surface area is 239 Å². The minimum Gasteiger partial charge on any atom is -0.455 e. The first-order valence-corrected chi connectivity index (χ1v) is 14.8. The van der Waals surface area contributed by atoms with Crippen molar-refractivity contribution in [3.63, 3.8) is 0 Å². The maximum Gasteiger partial charge on any atom is 0.285 e. The summed E-state index contributed by atoms with van der Waals surface area (Å²) in [6, 6.07) is 13.9. The zero-order valence-corrected chi connectivity index (χ0v) is 23.8. The molecule has 8 nitrogen and oxygen atoms in total. The Kier molecular flexibility index (Phi) is 7.21. The van der Waals surface area contributed by atoms with Crippen LogP contribution >= 0.6 is 0 Å². The normalized spacial score (nSPS) is 21.3. The molecule has 1 aromatic heterocycles. The third-order valence-corrected chi connectivity index (χ3v) is 9.07. The van der Waals surface area contributed by atoms with Crippen LogP contribution in [0.5, 0.6) is 0 Å². The number of rotatable bonds is 7. The molecule has 3 aromatic rings. The molecule has 2 unspecified atom stereocenters. The number of hydrogen-bond acceptors (Lipinski definition) is 4. The molecule has 3 heterocycles. The number of carbonyl (C=O) groups excluding carboxylic acids is 2. The van der Waals surface area contributed by atoms with Crippen molar-refractivity contribution in [1.82, 2.24) is 19.7 Å². The molecule has 2 fully saturated rings. The van der Waals surface area contributed by atoms with E-state index in [0.717, 1.165) is 41.4 Å². The first kappa shape index (κ1) is 27.3. The number of fused-ring (bicyclic) bond motifs is 3. The van der Waals surface area contributed by atoms with Crippen LogP contribution in [0.2, 0.25) is 0 Å². The number of para-hydroxylation sites is 1. The Morgan fingerprint density at radius 2 is 1.88 bits per heavy atom. The molecule has 2 atom stereocenters. The molecule has 0 radical (unpaired) electrons. The van der Waals surface area contributed by atoms with Crippen molar-refractivity contribution < 1.29 is 18.7 Å². The lowest BCUT2D eigenvalue weighted by Gasteiger charge is -2.43. The summed E-state index contributed by atoms with van der Waals surface area (Å²) in [6.45, 7) is 5.52. The van der Waals surface area contributed by atoms with Crippen LogP contribution in [-0.2, 0) is 20.7 Å². The van der Waals surface area contributed by atoms with E-state index in [-0.39, 0.29) is 36.3 Å². The SMILES string of the molecule is CCCCC1Cc2c([nH]c3ccccc23)C(c2ccc(F)cc2)N1C(=O)COC(=N)N1CCN(CC)C(=O)C12CC2. The summed E-state index contributed by atoms with van der Waals surface area (Å²) in [7, 11) is 0. The standard InChI is InChI=1S/C32H38FN5O3/c1-3-5-8-23-19-25-24-9-6-7-10-26(24)35-28(25)29(21-11-13-22(33)14-12-21)38(23)27(39)20-41-31(34)37-18-17-36(4-2)30(40)32(37)15-16-32/h6-7,9-14,23,29,34-35H,3-5,8,15-20H2,1-2H3. The van der Waals surface area contributed by atoms with E-state index < -0.39 is 11.6 Å². The number of aromatic amines is 1. The van der Waals surface area contributed by atoms with E-state index in [4.69, 9.17) is 10.1 Å². The number of benzene rings is 2. The number of nitrogens with one attached hydrogen (secondary N) is 2. The van der Waals surface area contributed by atoms with E-state index in [1.54, 1.807) is 17.0 Å². The summed E-state index contributed by atoms with van der Waals surface area (Å²) in [5.74, 6) is -0.507. The molecule has 2 aliphatic heterocycles. The number of amides is 2. The van der Waals surface area contributed by atoms with Gasteiger partial charge in [0, 0.05) is 42.3 Å². The quantitative estimate of drug-likeness (QED) is 0.315. The third kappa shape index (κ3) is 4.75. The predicted octanol–water partition coefficient (Wildman–Crippen LogP) is 4.99. The van der Waals surface area contributed by atoms with Crippen LogP contribution in [0, 0.1) is 11.2 Å². The van der Waals surface area contributed by atoms with Crippen molar-refractivity contribution in [3.8, 4) is 0 Å². The highest BCUT2D eigenvalue weighted by Crippen LogP contribution is 2.46. The largest absolute Gasteiger partial charge is 0.455 e. The number of hydrogen-bond donors (Lipinski definition) is 2. The van der Waals surface area contributed by atoms with Gasteiger partial charge in [0.1, 0.15) is 11.4 Å². The van der Waals surface area contributed by atoms with Crippen molar-refractivity contribution in [2.45, 2.75) is 70.0 Å². The minimum atomic E-state index is -0.695. The summed E-state index contributed by atoms with van der Waals surface area (Å²) in [5, 5.41) is 9.85. The molecule has 1 spiro atoms. The van der Waals surface area contributed by atoms with Crippen molar-refractivity contribution in [3.05, 3.63) is 71.2 Å². The van der Waals surface area contributed by atoms with Gasteiger partial charge in [0.25, 0.3) is 11.9 Å². The average Bonchev–Trinajstić information content (AvgIpc) is 3.69. The Morgan fingerprint density at radius 1 is 1.12 bits per heavy atom. The fourth-order valence-corrected chi connectivity index (χ4v) is 6.79. The van der Waals surface area contributed by atoms with Crippen LogP contribution in [0.15, 0.2) is 48.5 Å². The summed E-state index contributed by atoms with van der Waals surface area (Å²) < 4.78 is 19.9. The van der Waals surface area contributed by atoms with Crippen LogP contribution in [-0.4, -0.2) is 75.3 Å². The zero-order chi connectivity index (χ0) is 28.7. The molecule has 41 heavy (non-hydrogen) atoms. The number of aromatic nitrogens is 1. The van der Waals surface area contributed by atoms with Gasteiger partial charge in [0.15, 0.2) is 6.61 Å². The smallest absolute Gasteiger partial charge is 0.285 e. The van der Waals surface area contributed by atoms with Gasteiger partial charge >= 0.3 is 0 Å². The molecule has 2 aromatic carbocycles. The van der Waals surface area contributed by atoms with Gasteiger partial charge in [-0.3, -0.25) is 15.0 Å². The lowest BCUT2D eigenvalue weighted by molar-refractivity contribution is -0.142. The number of carbonyl (C=O) groups is 2. The van der Waals surface area contributed by atoms with Crippen molar-refractivity contribution >= 4 is 28.7 Å². The molecule has 2 amide bonds. The highest BCUT2D eigenvalue weighted by molar-refractivity contribution is 5.95. The van der Waals surface area contributed by atoms with Crippen LogP contribution in [0.1, 0.15) is 68.8 Å². The van der Waals surface area contributed by atoms with Gasteiger partial charge < -0.3 is 24.4 Å². The number of likely N-dealkylation sites (N-methyl/N-ethyl adjacent to an activating group) is 1. The second-order valence-electron chi connectivity index (χ2n) is 11.5. The van der Waals surface area contributed by atoms with E-state index in [2.05, 4.69) is 18.0 Å². The van der Waals surface area contributed by atoms with Gasteiger partial charge in [0.2, 0.25) is 5.91 Å². The highest BCUT2D eigenvalue weighted by atomic mass is 19.1. The van der Waals surface area contributed by atoms with Crippen LogP contribution < -0.4 is 0 Å². The highest BCUT2D eigenvalue weighted by Gasteiger charge is 2.59. The molecule has 2 N–H and O–H groups in total. The summed E-state index contributed by atoms with van der Waals surface area (Å²) in [6.07, 6.45) is 4.89. The number of unbranched alkanes of at least 4 members (excludes halogenated alkanes) is 1. The molecular weight excluding hydrogens is 521 g/mol. The molecule has 3 aliphatic rings. The topological polar surface area (TPSA) is 92.7 Å². The Hall–Kier alpha value is -3.88. The molecule has 6 rings (SSSR count). The van der Waals surface area contributed by atoms with Gasteiger partial charge in [-0.25, -0.2) is 4.39 Å². The lowest BCUT2D eigenvalue weighted by Crippen LogP contribution is -2.61. The number of amidine groups is 1. The maximum atomic E-state index is 14.1. The van der Waals surface area contributed by atoms with E-state index in [0.29, 0.717) is 38.9 Å². The van der Waals surface area contributed by atoms with Crippen LogP contribution in [0.25, 0.3) is 10.9 Å². The fraction of sp³-hybridized carbons (Fsp3) is 0.469. The van der Waals surface area contributed by atoms with Gasteiger partial charge in [-0.1, -0.05) is 50.1 Å². The number of ether oxygens (including phenoxy) is 1. The summed E-state index contributed by atoms with van der Waals surface area (Å²) in [4.78, 5) is 36.2. The van der Waals surface area contributed by atoms with E-state index in [1.165, 1.54) is 17.7 Å². The molecule has 1 aliphatic carbocycles. The third-order valence-electron chi connectivity index (χ3n) is 9.07. The number of nitrogens with zero attached hydrogens (tertiary/aromatic N) is 3. The van der Waals surface area contributed by atoms with Gasteiger partial charge in [0.05, 0.1) is 6.04 Å². The monoisotopic (exact) mass is 559 g/mol. The van der Waals surface area contributed by atoms with E-state index >= 15 is 0 Å². The van der Waals surface area contributed by atoms with Crippen LogP contribution in [0.4, 0.5) is 4.39 Å². The second-order valence-corrected chi connectivity index (χ2v) is 11.5. The van der Waals surface area contributed by atoms with Crippen molar-refractivity contribution in [2.75, 3.05) is 26.2 Å². The molecule has 9 heteroatoms. The predicted molar refractivity (Wildman–Crippen MR) is 155 cm³/mol. The first-order valence-electron chi connectivity index (χ1n) is 14.8. The number of H-pyrrole nitrogens is 1. The van der Waals surface area contributed by atoms with Gasteiger partial charge in [-0.05, 0) is 61.9 Å².